The third-order valence-corrected chi connectivity index (χ3v) is 9.05. The summed E-state index contributed by atoms with van der Waals surface area (Å²) in [5, 5.41) is 0. The van der Waals surface area contributed by atoms with E-state index in [9.17, 15) is 0 Å². The molecule has 0 aromatic rings. The van der Waals surface area contributed by atoms with Gasteiger partial charge >= 0.3 is 0 Å². The first kappa shape index (κ1) is 17.0. The van der Waals surface area contributed by atoms with E-state index in [2.05, 4.69) is 13.8 Å². The molecule has 4 rings (SSSR count). The predicted octanol–water partition coefficient (Wildman–Crippen LogP) is 5.87. The fourth-order valence-corrected chi connectivity index (χ4v) is 7.87. The van der Waals surface area contributed by atoms with Crippen LogP contribution in [0.4, 0.5) is 0 Å². The van der Waals surface area contributed by atoms with Gasteiger partial charge in [-0.25, -0.2) is 0 Å². The Bertz CT molecular complexity index is 415. The molecule has 0 N–H and O–H groups in total. The Morgan fingerprint density at radius 2 is 1.26 bits per heavy atom. The van der Waals surface area contributed by atoms with E-state index in [1.54, 1.807) is 0 Å². The molecule has 0 saturated heterocycles. The van der Waals surface area contributed by atoms with Crippen molar-refractivity contribution in [2.24, 2.45) is 34.5 Å². The summed E-state index contributed by atoms with van der Waals surface area (Å²) < 4.78 is 6.76. The van der Waals surface area contributed by atoms with E-state index in [4.69, 9.17) is 27.9 Å². The second-order valence-corrected chi connectivity index (χ2v) is 10.2. The monoisotopic (exact) mass is 358 g/mol. The molecule has 0 radical (unpaired) electrons. The minimum Gasteiger partial charge on any atom is -0.371 e. The van der Waals surface area contributed by atoms with Crippen LogP contribution < -0.4 is 0 Å². The maximum atomic E-state index is 6.76. The van der Waals surface area contributed by atoms with E-state index < -0.39 is 0 Å². The highest BCUT2D eigenvalue weighted by Gasteiger charge is 2.56. The predicted molar refractivity (Wildman–Crippen MR) is 97.2 cm³/mol. The SMILES string of the molecule is CC1(C(CCl)OC(CCl)C2(C)CC3CCC2C3)CC2CCC1C2. The normalized spacial score (nSPS) is 50.6. The van der Waals surface area contributed by atoms with Crippen molar-refractivity contribution in [1.29, 1.82) is 0 Å². The second kappa shape index (κ2) is 6.06. The molecular formula is C20H32Cl2O. The third kappa shape index (κ3) is 2.59. The number of hydrogen-bond donors (Lipinski definition) is 0. The number of halogens is 2. The lowest BCUT2D eigenvalue weighted by atomic mass is 9.69. The van der Waals surface area contributed by atoms with E-state index in [1.807, 2.05) is 0 Å². The van der Waals surface area contributed by atoms with Crippen LogP contribution in [0.1, 0.15) is 65.2 Å². The standard InChI is InChI=1S/C20H32Cl2O/c1-19(9-13-3-5-15(19)7-13)17(11-21)23-18(12-22)20(2)10-14-4-6-16(20)8-14/h13-18H,3-12H2,1-2H3. The smallest absolute Gasteiger partial charge is 0.0771 e. The van der Waals surface area contributed by atoms with Crippen molar-refractivity contribution in [2.45, 2.75) is 77.4 Å². The molecule has 8 atom stereocenters. The van der Waals surface area contributed by atoms with Crippen molar-refractivity contribution in [3.8, 4) is 0 Å². The summed E-state index contributed by atoms with van der Waals surface area (Å²) >= 11 is 12.9. The maximum absolute atomic E-state index is 6.76. The lowest BCUT2D eigenvalue weighted by Gasteiger charge is -2.46. The Kier molecular flexibility index (Phi) is 4.47. The van der Waals surface area contributed by atoms with Crippen LogP contribution in [0.15, 0.2) is 0 Å². The van der Waals surface area contributed by atoms with Gasteiger partial charge in [0.2, 0.25) is 0 Å². The number of fused-ring (bicyclic) bond motifs is 4. The van der Waals surface area contributed by atoms with Crippen LogP contribution in [0.5, 0.6) is 0 Å². The van der Waals surface area contributed by atoms with Crippen LogP contribution in [0.3, 0.4) is 0 Å². The van der Waals surface area contributed by atoms with E-state index in [0.717, 1.165) is 23.7 Å². The van der Waals surface area contributed by atoms with Gasteiger partial charge in [-0.15, -0.1) is 23.2 Å². The zero-order chi connectivity index (χ0) is 16.2. The van der Waals surface area contributed by atoms with Crippen LogP contribution in [0.2, 0.25) is 0 Å². The van der Waals surface area contributed by atoms with Gasteiger partial charge in [0, 0.05) is 11.8 Å². The van der Waals surface area contributed by atoms with Gasteiger partial charge in [0.25, 0.3) is 0 Å². The molecule has 4 saturated carbocycles. The molecule has 4 aliphatic rings. The minimum atomic E-state index is 0.180. The molecule has 3 heteroatoms. The summed E-state index contributed by atoms with van der Waals surface area (Å²) in [5.41, 5.74) is 0.561. The van der Waals surface area contributed by atoms with Crippen molar-refractivity contribution in [1.82, 2.24) is 0 Å². The molecule has 132 valence electrons. The molecule has 8 unspecified atom stereocenters. The molecule has 0 amide bonds. The lowest BCUT2D eigenvalue weighted by Crippen LogP contribution is -2.48. The highest BCUT2D eigenvalue weighted by Crippen LogP contribution is 2.61. The van der Waals surface area contributed by atoms with Crippen LogP contribution in [0.25, 0.3) is 0 Å². The minimum absolute atomic E-state index is 0.180. The quantitative estimate of drug-likeness (QED) is 0.539. The molecule has 1 nitrogen and oxygen atoms in total. The molecule has 23 heavy (non-hydrogen) atoms. The van der Waals surface area contributed by atoms with Crippen LogP contribution >= 0.6 is 23.2 Å². The number of alkyl halides is 2. The fraction of sp³-hybridized carbons (Fsp3) is 1.00. The number of ether oxygens (including phenoxy) is 1. The molecule has 0 aromatic heterocycles. The molecule has 0 aromatic carbocycles. The highest BCUT2D eigenvalue weighted by molar-refractivity contribution is 6.18. The van der Waals surface area contributed by atoms with Gasteiger partial charge in [-0.05, 0) is 73.0 Å². The van der Waals surface area contributed by atoms with E-state index in [-0.39, 0.29) is 23.0 Å². The Balaban J connectivity index is 1.50. The van der Waals surface area contributed by atoms with E-state index >= 15 is 0 Å². The average Bonchev–Trinajstić information content (AvgIpc) is 3.27. The molecule has 4 fully saturated rings. The molecule has 0 aliphatic heterocycles. The first-order valence-corrected chi connectivity index (χ1v) is 10.8. The number of hydrogen-bond acceptors (Lipinski definition) is 1. The van der Waals surface area contributed by atoms with Crippen molar-refractivity contribution in [3.05, 3.63) is 0 Å². The largest absolute Gasteiger partial charge is 0.371 e. The van der Waals surface area contributed by atoms with Crippen LogP contribution in [0, 0.1) is 34.5 Å². The van der Waals surface area contributed by atoms with Gasteiger partial charge in [-0.3, -0.25) is 0 Å². The molecule has 4 aliphatic carbocycles. The third-order valence-electron chi connectivity index (χ3n) is 8.48. The van der Waals surface area contributed by atoms with Crippen molar-refractivity contribution in [3.63, 3.8) is 0 Å². The van der Waals surface area contributed by atoms with Gasteiger partial charge in [0.1, 0.15) is 0 Å². The van der Waals surface area contributed by atoms with Gasteiger partial charge in [-0.1, -0.05) is 26.7 Å². The summed E-state index contributed by atoms with van der Waals surface area (Å²) in [6.45, 7) is 4.89. The zero-order valence-corrected chi connectivity index (χ0v) is 16.2. The van der Waals surface area contributed by atoms with Gasteiger partial charge < -0.3 is 4.74 Å². The number of rotatable bonds is 6. The first-order valence-electron chi connectivity index (χ1n) is 9.77. The Labute approximate surface area is 151 Å². The Morgan fingerprint density at radius 3 is 1.52 bits per heavy atom. The maximum Gasteiger partial charge on any atom is 0.0771 e. The summed E-state index contributed by atoms with van der Waals surface area (Å²) in [7, 11) is 0. The van der Waals surface area contributed by atoms with Gasteiger partial charge in [0.15, 0.2) is 0 Å². The first-order chi connectivity index (χ1) is 11.0. The van der Waals surface area contributed by atoms with Crippen molar-refractivity contribution >= 4 is 23.2 Å². The van der Waals surface area contributed by atoms with Gasteiger partial charge in [-0.2, -0.15) is 0 Å². The Morgan fingerprint density at radius 1 is 0.826 bits per heavy atom. The fourth-order valence-electron chi connectivity index (χ4n) is 7.02. The average molecular weight is 359 g/mol. The lowest BCUT2D eigenvalue weighted by molar-refractivity contribution is -0.129. The molecule has 0 spiro atoms. The topological polar surface area (TPSA) is 9.23 Å². The van der Waals surface area contributed by atoms with Crippen LogP contribution in [-0.4, -0.2) is 24.0 Å². The summed E-state index contributed by atoms with van der Waals surface area (Å²) in [6, 6.07) is 0. The van der Waals surface area contributed by atoms with Gasteiger partial charge in [0.05, 0.1) is 12.2 Å². The van der Waals surface area contributed by atoms with Crippen molar-refractivity contribution in [2.75, 3.05) is 11.8 Å². The molecule has 4 bridgehead atoms. The highest BCUT2D eigenvalue weighted by atomic mass is 35.5. The zero-order valence-electron chi connectivity index (χ0n) is 14.7. The molecule has 0 heterocycles. The summed E-state index contributed by atoms with van der Waals surface area (Å²) in [5.74, 6) is 4.73. The second-order valence-electron chi connectivity index (χ2n) is 9.59. The Hall–Kier alpha value is 0.540. The van der Waals surface area contributed by atoms with E-state index in [0.29, 0.717) is 11.8 Å². The molecular weight excluding hydrogens is 327 g/mol. The summed E-state index contributed by atoms with van der Waals surface area (Å²) in [4.78, 5) is 0. The van der Waals surface area contributed by atoms with E-state index in [1.165, 1.54) is 51.4 Å². The van der Waals surface area contributed by atoms with Crippen molar-refractivity contribution < 1.29 is 4.74 Å². The summed E-state index contributed by atoms with van der Waals surface area (Å²) in [6.07, 6.45) is 11.4. The van der Waals surface area contributed by atoms with Crippen LogP contribution in [-0.2, 0) is 4.74 Å².